The van der Waals surface area contributed by atoms with Crippen LogP contribution in [0.4, 0.5) is 9.18 Å². The van der Waals surface area contributed by atoms with Crippen molar-refractivity contribution in [3.8, 4) is 0 Å². The molecule has 6 heteroatoms. The fourth-order valence-corrected chi connectivity index (χ4v) is 2.92. The molecule has 5 nitrogen and oxygen atoms in total. The molecule has 3 rings (SSSR count). The van der Waals surface area contributed by atoms with Crippen molar-refractivity contribution >= 4 is 6.03 Å². The summed E-state index contributed by atoms with van der Waals surface area (Å²) >= 11 is 0. The van der Waals surface area contributed by atoms with Crippen molar-refractivity contribution in [3.63, 3.8) is 0 Å². The number of halogens is 1. The van der Waals surface area contributed by atoms with Gasteiger partial charge in [0.2, 0.25) is 0 Å². The number of rotatable bonds is 5. The smallest absolute Gasteiger partial charge is 0.318 e. The molecule has 3 atom stereocenters. The van der Waals surface area contributed by atoms with Crippen molar-refractivity contribution < 1.29 is 19.0 Å². The largest absolute Gasteiger partial charge is 0.387 e. The van der Waals surface area contributed by atoms with Crippen LogP contribution in [-0.2, 0) is 4.74 Å². The molecular formula is C17H23FN2O3. The number of urea groups is 1. The third-order valence-electron chi connectivity index (χ3n) is 4.56. The molecule has 0 spiro atoms. The highest BCUT2D eigenvalue weighted by atomic mass is 19.1. The minimum Gasteiger partial charge on any atom is -0.387 e. The molecule has 2 aliphatic rings. The maximum absolute atomic E-state index is 13.0. The molecule has 126 valence electrons. The summed E-state index contributed by atoms with van der Waals surface area (Å²) < 4.78 is 18.4. The SMILES string of the molecule is CC1OCCC1NC(=O)N(CC(O)c1ccc(F)cc1)C1CC1. The Morgan fingerprint density at radius 2 is 2.09 bits per heavy atom. The number of nitrogens with zero attached hydrogens (tertiary/aromatic N) is 1. The van der Waals surface area contributed by atoms with Gasteiger partial charge in [-0.1, -0.05) is 12.1 Å². The lowest BCUT2D eigenvalue weighted by Crippen LogP contribution is -2.49. The Morgan fingerprint density at radius 1 is 1.39 bits per heavy atom. The van der Waals surface area contributed by atoms with Gasteiger partial charge in [0, 0.05) is 12.6 Å². The number of amides is 2. The molecule has 0 bridgehead atoms. The van der Waals surface area contributed by atoms with E-state index in [1.165, 1.54) is 12.1 Å². The maximum atomic E-state index is 13.0. The second kappa shape index (κ2) is 6.84. The molecule has 1 aliphatic heterocycles. The normalized spacial score (nSPS) is 25.2. The number of benzene rings is 1. The van der Waals surface area contributed by atoms with Crippen LogP contribution >= 0.6 is 0 Å². The third-order valence-corrected chi connectivity index (χ3v) is 4.56. The molecule has 0 radical (unpaired) electrons. The lowest BCUT2D eigenvalue weighted by molar-refractivity contribution is 0.103. The summed E-state index contributed by atoms with van der Waals surface area (Å²) in [7, 11) is 0. The Bertz CT molecular complexity index is 547. The number of nitrogens with one attached hydrogen (secondary N) is 1. The zero-order valence-corrected chi connectivity index (χ0v) is 13.2. The van der Waals surface area contributed by atoms with Crippen molar-refractivity contribution in [2.45, 2.75) is 50.5 Å². The molecule has 0 aromatic heterocycles. The van der Waals surface area contributed by atoms with Crippen molar-refractivity contribution in [2.75, 3.05) is 13.2 Å². The van der Waals surface area contributed by atoms with E-state index in [0.29, 0.717) is 12.2 Å². The Kier molecular flexibility index (Phi) is 4.82. The van der Waals surface area contributed by atoms with Crippen LogP contribution in [0.5, 0.6) is 0 Å². The van der Waals surface area contributed by atoms with Crippen molar-refractivity contribution in [1.29, 1.82) is 0 Å². The molecule has 1 heterocycles. The van der Waals surface area contributed by atoms with Gasteiger partial charge in [-0.2, -0.15) is 0 Å². The van der Waals surface area contributed by atoms with E-state index >= 15 is 0 Å². The average Bonchev–Trinajstić information content (AvgIpc) is 3.29. The van der Waals surface area contributed by atoms with Gasteiger partial charge in [0.05, 0.1) is 24.8 Å². The van der Waals surface area contributed by atoms with Crippen LogP contribution in [-0.4, -0.2) is 47.4 Å². The van der Waals surface area contributed by atoms with Gasteiger partial charge in [-0.3, -0.25) is 0 Å². The Balaban J connectivity index is 1.62. The fraction of sp³-hybridized carbons (Fsp3) is 0.588. The van der Waals surface area contributed by atoms with Crippen molar-refractivity contribution in [3.05, 3.63) is 35.6 Å². The van der Waals surface area contributed by atoms with Crippen molar-refractivity contribution in [2.24, 2.45) is 0 Å². The number of aliphatic hydroxyl groups is 1. The molecule has 1 aliphatic carbocycles. The average molecular weight is 322 g/mol. The molecule has 23 heavy (non-hydrogen) atoms. The molecule has 1 aromatic rings. The van der Waals surface area contributed by atoms with Gasteiger partial charge >= 0.3 is 6.03 Å². The van der Waals surface area contributed by atoms with Crippen molar-refractivity contribution in [1.82, 2.24) is 10.2 Å². The summed E-state index contributed by atoms with van der Waals surface area (Å²) in [6, 6.07) is 5.78. The predicted octanol–water partition coefficient (Wildman–Crippen LogP) is 2.21. The number of hydrogen-bond donors (Lipinski definition) is 2. The van der Waals surface area contributed by atoms with Gasteiger partial charge in [0.1, 0.15) is 5.82 Å². The topological polar surface area (TPSA) is 61.8 Å². The minimum absolute atomic E-state index is 0.0158. The van der Waals surface area contributed by atoms with E-state index in [1.54, 1.807) is 17.0 Å². The molecule has 1 saturated heterocycles. The number of ether oxygens (including phenoxy) is 1. The first-order valence-corrected chi connectivity index (χ1v) is 8.17. The van der Waals surface area contributed by atoms with Gasteiger partial charge in [-0.05, 0) is 43.9 Å². The highest BCUT2D eigenvalue weighted by Crippen LogP contribution is 2.29. The number of hydrogen-bond acceptors (Lipinski definition) is 3. The van der Waals surface area contributed by atoms with Gasteiger partial charge < -0.3 is 20.1 Å². The summed E-state index contributed by atoms with van der Waals surface area (Å²) in [4.78, 5) is 14.2. The van der Waals surface area contributed by atoms with E-state index < -0.39 is 6.10 Å². The highest BCUT2D eigenvalue weighted by Gasteiger charge is 2.36. The summed E-state index contributed by atoms with van der Waals surface area (Å²) in [6.45, 7) is 2.82. The van der Waals surface area contributed by atoms with Gasteiger partial charge in [-0.25, -0.2) is 9.18 Å². The van der Waals surface area contributed by atoms with Gasteiger partial charge in [0.25, 0.3) is 0 Å². The van der Waals surface area contributed by atoms with E-state index in [2.05, 4.69) is 5.32 Å². The van der Waals surface area contributed by atoms with Crippen LogP contribution in [0, 0.1) is 5.82 Å². The zero-order valence-electron chi connectivity index (χ0n) is 13.2. The highest BCUT2D eigenvalue weighted by molar-refractivity contribution is 5.75. The lowest BCUT2D eigenvalue weighted by Gasteiger charge is -2.28. The summed E-state index contributed by atoms with van der Waals surface area (Å²) in [6.07, 6.45) is 1.92. The second-order valence-corrected chi connectivity index (χ2v) is 6.37. The number of carbonyl (C=O) groups is 1. The van der Waals surface area contributed by atoms with Crippen LogP contribution in [0.15, 0.2) is 24.3 Å². The Morgan fingerprint density at radius 3 is 2.65 bits per heavy atom. The van der Waals surface area contributed by atoms with Crippen LogP contribution in [0.3, 0.4) is 0 Å². The van der Waals surface area contributed by atoms with E-state index in [9.17, 15) is 14.3 Å². The Labute approximate surface area is 135 Å². The van der Waals surface area contributed by atoms with E-state index in [0.717, 1.165) is 19.3 Å². The van der Waals surface area contributed by atoms with Gasteiger partial charge in [-0.15, -0.1) is 0 Å². The van der Waals surface area contributed by atoms with Crippen LogP contribution < -0.4 is 5.32 Å². The molecule has 1 aromatic carbocycles. The molecule has 3 unspecified atom stereocenters. The Hall–Kier alpha value is -1.66. The number of aliphatic hydroxyl groups excluding tert-OH is 1. The van der Waals surface area contributed by atoms with Crippen LogP contribution in [0.25, 0.3) is 0 Å². The van der Waals surface area contributed by atoms with E-state index in [1.807, 2.05) is 6.92 Å². The van der Waals surface area contributed by atoms with E-state index in [-0.39, 0.29) is 36.6 Å². The monoisotopic (exact) mass is 322 g/mol. The fourth-order valence-electron chi connectivity index (χ4n) is 2.92. The molecule has 2 fully saturated rings. The molecular weight excluding hydrogens is 299 g/mol. The maximum Gasteiger partial charge on any atom is 0.318 e. The number of carbonyl (C=O) groups excluding carboxylic acids is 1. The lowest BCUT2D eigenvalue weighted by atomic mass is 10.1. The predicted molar refractivity (Wildman–Crippen MR) is 83.4 cm³/mol. The molecule has 1 saturated carbocycles. The molecule has 2 amide bonds. The minimum atomic E-state index is -0.820. The first-order chi connectivity index (χ1) is 11.0. The van der Waals surface area contributed by atoms with Gasteiger partial charge in [0.15, 0.2) is 0 Å². The molecule has 2 N–H and O–H groups in total. The van der Waals surface area contributed by atoms with E-state index in [4.69, 9.17) is 4.74 Å². The first-order valence-electron chi connectivity index (χ1n) is 8.17. The quantitative estimate of drug-likeness (QED) is 0.874. The summed E-state index contributed by atoms with van der Waals surface area (Å²) in [5, 5.41) is 13.4. The van der Waals surface area contributed by atoms with Crippen LogP contribution in [0.2, 0.25) is 0 Å². The second-order valence-electron chi connectivity index (χ2n) is 6.37. The summed E-state index contributed by atoms with van der Waals surface area (Å²) in [5.41, 5.74) is 0.613. The summed E-state index contributed by atoms with van der Waals surface area (Å²) in [5.74, 6) is -0.340. The first kappa shape index (κ1) is 16.2. The zero-order chi connectivity index (χ0) is 16.4. The third kappa shape index (κ3) is 4.00. The van der Waals surface area contributed by atoms with Crippen LogP contribution in [0.1, 0.15) is 37.9 Å². The standard InChI is InChI=1S/C17H23FN2O3/c1-11-15(8-9-23-11)19-17(22)20(14-6-7-14)10-16(21)12-2-4-13(18)5-3-12/h2-5,11,14-16,21H,6-10H2,1H3,(H,19,22).